The zero-order chi connectivity index (χ0) is 12.8. The largest absolute Gasteiger partial charge is 0.359 e. The fourth-order valence-corrected chi connectivity index (χ4v) is 2.21. The van der Waals surface area contributed by atoms with Crippen molar-refractivity contribution in [2.75, 3.05) is 20.2 Å². The van der Waals surface area contributed by atoms with Crippen LogP contribution in [0.1, 0.15) is 22.4 Å². The Morgan fingerprint density at radius 2 is 2.12 bits per heavy atom. The summed E-state index contributed by atoms with van der Waals surface area (Å²) in [5.74, 6) is 0. The lowest BCUT2D eigenvalue weighted by molar-refractivity contribution is -0.0394. The van der Waals surface area contributed by atoms with E-state index in [2.05, 4.69) is 11.1 Å². The predicted octanol–water partition coefficient (Wildman–Crippen LogP) is 2.41. The van der Waals surface area contributed by atoms with E-state index in [1.807, 2.05) is 20.1 Å². The third-order valence-corrected chi connectivity index (χ3v) is 3.18. The van der Waals surface area contributed by atoms with Crippen molar-refractivity contribution in [3.8, 4) is 6.07 Å². The maximum absolute atomic E-state index is 9.15. The van der Waals surface area contributed by atoms with Crippen molar-refractivity contribution < 1.29 is 9.47 Å². The molecule has 0 unspecified atom stereocenters. The van der Waals surface area contributed by atoms with Crippen molar-refractivity contribution in [3.05, 3.63) is 22.4 Å². The van der Waals surface area contributed by atoms with E-state index in [0.717, 1.165) is 21.8 Å². The number of nitrogens with zero attached hydrogens (tertiary/aromatic N) is 2. The Kier molecular flexibility index (Phi) is 5.42. The van der Waals surface area contributed by atoms with E-state index >= 15 is 0 Å². The Morgan fingerprint density at radius 1 is 1.41 bits per heavy atom. The zero-order valence-electron chi connectivity index (χ0n) is 10.5. The molecule has 5 heteroatoms. The van der Waals surface area contributed by atoms with Gasteiger partial charge in [-0.25, -0.2) is 4.98 Å². The molecule has 0 saturated carbocycles. The van der Waals surface area contributed by atoms with Crippen LogP contribution in [0.4, 0.5) is 0 Å². The second-order valence-corrected chi connectivity index (χ2v) is 4.35. The summed E-state index contributed by atoms with van der Waals surface area (Å²) in [5.41, 5.74) is 3.46. The summed E-state index contributed by atoms with van der Waals surface area (Å²) in [6.07, 6.45) is 1.92. The molecule has 0 aliphatic rings. The first-order chi connectivity index (χ1) is 8.15. The molecule has 0 bridgehead atoms. The SMILES string of the molecule is COCOCc1c(C)nc(SC)c(C#N)c1C. The first-order valence-electron chi connectivity index (χ1n) is 5.16. The number of hydrogen-bond donors (Lipinski definition) is 0. The Balaban J connectivity index is 3.10. The highest BCUT2D eigenvalue weighted by Crippen LogP contribution is 2.25. The van der Waals surface area contributed by atoms with Crippen molar-refractivity contribution in [2.45, 2.75) is 25.5 Å². The molecule has 1 aromatic rings. The predicted molar refractivity (Wildman–Crippen MR) is 66.9 cm³/mol. The van der Waals surface area contributed by atoms with E-state index in [9.17, 15) is 0 Å². The van der Waals surface area contributed by atoms with Gasteiger partial charge in [0.25, 0.3) is 0 Å². The zero-order valence-corrected chi connectivity index (χ0v) is 11.3. The summed E-state index contributed by atoms with van der Waals surface area (Å²) in [4.78, 5) is 4.42. The van der Waals surface area contributed by atoms with Gasteiger partial charge in [0.05, 0.1) is 12.2 Å². The summed E-state index contributed by atoms with van der Waals surface area (Å²) in [6.45, 7) is 4.52. The van der Waals surface area contributed by atoms with Gasteiger partial charge in [0, 0.05) is 18.4 Å². The van der Waals surface area contributed by atoms with Crippen LogP contribution >= 0.6 is 11.8 Å². The van der Waals surface area contributed by atoms with Gasteiger partial charge in [-0.15, -0.1) is 11.8 Å². The van der Waals surface area contributed by atoms with Crippen LogP contribution < -0.4 is 0 Å². The van der Waals surface area contributed by atoms with Crippen molar-refractivity contribution in [3.63, 3.8) is 0 Å². The quantitative estimate of drug-likeness (QED) is 0.457. The van der Waals surface area contributed by atoms with Crippen molar-refractivity contribution in [1.82, 2.24) is 4.98 Å². The summed E-state index contributed by atoms with van der Waals surface area (Å²) in [6, 6.07) is 2.20. The van der Waals surface area contributed by atoms with Gasteiger partial charge >= 0.3 is 0 Å². The molecule has 0 spiro atoms. The van der Waals surface area contributed by atoms with Gasteiger partial charge in [0.1, 0.15) is 17.9 Å². The average Bonchev–Trinajstić information content (AvgIpc) is 2.32. The van der Waals surface area contributed by atoms with Crippen LogP contribution in [0.3, 0.4) is 0 Å². The Bertz CT molecular complexity index is 441. The number of aryl methyl sites for hydroxylation is 1. The Labute approximate surface area is 106 Å². The molecule has 0 saturated heterocycles. The molecule has 0 fully saturated rings. The minimum Gasteiger partial charge on any atom is -0.359 e. The van der Waals surface area contributed by atoms with Crippen molar-refractivity contribution >= 4 is 11.8 Å². The standard InChI is InChI=1S/C12H16N2O2S/c1-8-10(5-13)12(17-4)14-9(2)11(8)6-16-7-15-3/h6-7H2,1-4H3. The minimum atomic E-state index is 0.241. The number of ether oxygens (including phenoxy) is 2. The molecule has 0 N–H and O–H groups in total. The van der Waals surface area contributed by atoms with Crippen molar-refractivity contribution in [1.29, 1.82) is 5.26 Å². The number of methoxy groups -OCH3 is 1. The second-order valence-electron chi connectivity index (χ2n) is 3.55. The summed E-state index contributed by atoms with van der Waals surface area (Å²) in [7, 11) is 1.58. The van der Waals surface area contributed by atoms with E-state index < -0.39 is 0 Å². The fraction of sp³-hybridized carbons (Fsp3) is 0.500. The smallest absolute Gasteiger partial charge is 0.146 e. The van der Waals surface area contributed by atoms with Crippen LogP contribution in [0.25, 0.3) is 0 Å². The number of nitriles is 1. The molecule has 1 heterocycles. The van der Waals surface area contributed by atoms with Crippen molar-refractivity contribution in [2.24, 2.45) is 0 Å². The van der Waals surface area contributed by atoms with Crippen LogP contribution in [0.15, 0.2) is 5.03 Å². The highest BCUT2D eigenvalue weighted by molar-refractivity contribution is 7.98. The number of rotatable bonds is 5. The normalized spacial score (nSPS) is 10.3. The monoisotopic (exact) mass is 252 g/mol. The van der Waals surface area contributed by atoms with Crippen LogP contribution in [0.2, 0.25) is 0 Å². The van der Waals surface area contributed by atoms with Crippen LogP contribution in [-0.2, 0) is 16.1 Å². The van der Waals surface area contributed by atoms with E-state index in [-0.39, 0.29) is 6.79 Å². The van der Waals surface area contributed by atoms with Gasteiger partial charge in [-0.1, -0.05) is 0 Å². The topological polar surface area (TPSA) is 55.1 Å². The summed E-state index contributed by atoms with van der Waals surface area (Å²) >= 11 is 1.49. The first-order valence-corrected chi connectivity index (χ1v) is 6.39. The maximum atomic E-state index is 9.15. The molecule has 0 aliphatic heterocycles. The fourth-order valence-electron chi connectivity index (χ4n) is 1.58. The maximum Gasteiger partial charge on any atom is 0.146 e. The third-order valence-electron chi connectivity index (χ3n) is 2.50. The molecule has 1 rings (SSSR count). The highest BCUT2D eigenvalue weighted by atomic mass is 32.2. The molecule has 92 valence electrons. The van der Waals surface area contributed by atoms with Crippen LogP contribution in [-0.4, -0.2) is 25.1 Å². The Hall–Kier alpha value is -1.09. The highest BCUT2D eigenvalue weighted by Gasteiger charge is 2.14. The third kappa shape index (κ3) is 3.19. The molecule has 0 radical (unpaired) electrons. The number of pyridine rings is 1. The van der Waals surface area contributed by atoms with Crippen LogP contribution in [0.5, 0.6) is 0 Å². The molecular weight excluding hydrogens is 236 g/mol. The minimum absolute atomic E-state index is 0.241. The molecule has 0 atom stereocenters. The molecular formula is C12H16N2O2S. The molecule has 4 nitrogen and oxygen atoms in total. The molecule has 0 aliphatic carbocycles. The average molecular weight is 252 g/mol. The van der Waals surface area contributed by atoms with E-state index in [0.29, 0.717) is 12.2 Å². The van der Waals surface area contributed by atoms with Gasteiger partial charge in [-0.05, 0) is 25.7 Å². The molecule has 1 aromatic heterocycles. The molecule has 0 aromatic carbocycles. The lowest BCUT2D eigenvalue weighted by atomic mass is 10.0. The van der Waals surface area contributed by atoms with E-state index in [1.165, 1.54) is 11.8 Å². The van der Waals surface area contributed by atoms with E-state index in [4.69, 9.17) is 14.7 Å². The van der Waals surface area contributed by atoms with Gasteiger partial charge in [-0.2, -0.15) is 5.26 Å². The summed E-state index contributed by atoms with van der Waals surface area (Å²) in [5, 5.41) is 9.92. The lowest BCUT2D eigenvalue weighted by Crippen LogP contribution is -2.06. The second kappa shape index (κ2) is 6.60. The van der Waals surface area contributed by atoms with Crippen LogP contribution in [0, 0.1) is 25.2 Å². The molecule has 0 amide bonds. The lowest BCUT2D eigenvalue weighted by Gasteiger charge is -2.13. The number of thioether (sulfide) groups is 1. The van der Waals surface area contributed by atoms with Gasteiger partial charge < -0.3 is 9.47 Å². The van der Waals surface area contributed by atoms with Gasteiger partial charge in [0.2, 0.25) is 0 Å². The van der Waals surface area contributed by atoms with Gasteiger partial charge in [-0.3, -0.25) is 0 Å². The number of hydrogen-bond acceptors (Lipinski definition) is 5. The van der Waals surface area contributed by atoms with E-state index in [1.54, 1.807) is 7.11 Å². The van der Waals surface area contributed by atoms with Gasteiger partial charge in [0.15, 0.2) is 0 Å². The summed E-state index contributed by atoms with van der Waals surface area (Å²) < 4.78 is 10.2. The first kappa shape index (κ1) is 14.0. The number of aromatic nitrogens is 1. The molecule has 17 heavy (non-hydrogen) atoms. The Morgan fingerprint density at radius 3 is 2.65 bits per heavy atom.